The van der Waals surface area contributed by atoms with Gasteiger partial charge in [0.25, 0.3) is 5.91 Å². The summed E-state index contributed by atoms with van der Waals surface area (Å²) in [6.45, 7) is 4.54. The Labute approximate surface area is 79.8 Å². The minimum absolute atomic E-state index is 0.126. The van der Waals surface area contributed by atoms with E-state index in [-0.39, 0.29) is 12.0 Å². The Morgan fingerprint density at radius 1 is 1.46 bits per heavy atom. The molecule has 0 rings (SSSR count). The lowest BCUT2D eigenvalue weighted by atomic mass is 10.2. The van der Waals surface area contributed by atoms with Gasteiger partial charge in [0, 0.05) is 13.7 Å². The van der Waals surface area contributed by atoms with E-state index in [1.165, 1.54) is 12.2 Å². The van der Waals surface area contributed by atoms with Gasteiger partial charge in [-0.3, -0.25) is 9.63 Å². The third-order valence-electron chi connectivity index (χ3n) is 1.75. The Kier molecular flexibility index (Phi) is 6.54. The van der Waals surface area contributed by atoms with E-state index < -0.39 is 0 Å². The van der Waals surface area contributed by atoms with E-state index in [0.717, 1.165) is 6.42 Å². The smallest absolute Gasteiger partial charge is 0.274 e. The van der Waals surface area contributed by atoms with Gasteiger partial charge in [0.2, 0.25) is 0 Å². The SMILES string of the molecule is CCCOC(CC)C(=O)N(C)OC. The van der Waals surface area contributed by atoms with E-state index in [4.69, 9.17) is 9.57 Å². The van der Waals surface area contributed by atoms with Gasteiger partial charge in [-0.15, -0.1) is 0 Å². The maximum atomic E-state index is 11.5. The molecule has 0 bridgehead atoms. The first-order valence-electron chi connectivity index (χ1n) is 4.60. The van der Waals surface area contributed by atoms with Crippen LogP contribution in [0.2, 0.25) is 0 Å². The highest BCUT2D eigenvalue weighted by Gasteiger charge is 2.20. The van der Waals surface area contributed by atoms with Crippen LogP contribution in [-0.2, 0) is 14.4 Å². The summed E-state index contributed by atoms with van der Waals surface area (Å²) in [5.41, 5.74) is 0. The van der Waals surface area contributed by atoms with Crippen molar-refractivity contribution in [3.8, 4) is 0 Å². The van der Waals surface area contributed by atoms with Gasteiger partial charge in [-0.25, -0.2) is 5.06 Å². The average molecular weight is 189 g/mol. The Hall–Kier alpha value is -0.610. The van der Waals surface area contributed by atoms with Crippen LogP contribution in [0.4, 0.5) is 0 Å². The lowest BCUT2D eigenvalue weighted by Crippen LogP contribution is -2.37. The molecule has 0 aliphatic heterocycles. The van der Waals surface area contributed by atoms with Crippen LogP contribution in [0, 0.1) is 0 Å². The first kappa shape index (κ1) is 12.4. The second kappa shape index (κ2) is 6.86. The number of hydrogen-bond acceptors (Lipinski definition) is 3. The molecule has 0 aromatic carbocycles. The van der Waals surface area contributed by atoms with Gasteiger partial charge < -0.3 is 4.74 Å². The molecule has 1 atom stereocenters. The molecular weight excluding hydrogens is 170 g/mol. The zero-order valence-electron chi connectivity index (χ0n) is 8.87. The summed E-state index contributed by atoms with van der Waals surface area (Å²) in [4.78, 5) is 16.3. The molecule has 0 saturated carbocycles. The van der Waals surface area contributed by atoms with Crippen LogP contribution in [0.25, 0.3) is 0 Å². The number of likely N-dealkylation sites (N-methyl/N-ethyl adjacent to an activating group) is 1. The Bertz CT molecular complexity index is 150. The first-order chi connectivity index (χ1) is 6.17. The van der Waals surface area contributed by atoms with E-state index in [1.807, 2.05) is 13.8 Å². The molecule has 1 unspecified atom stereocenters. The van der Waals surface area contributed by atoms with Crippen LogP contribution in [0.3, 0.4) is 0 Å². The number of ether oxygens (including phenoxy) is 1. The first-order valence-corrected chi connectivity index (χ1v) is 4.60. The van der Waals surface area contributed by atoms with Gasteiger partial charge >= 0.3 is 0 Å². The molecule has 0 heterocycles. The molecule has 1 amide bonds. The van der Waals surface area contributed by atoms with Crippen LogP contribution < -0.4 is 0 Å². The summed E-state index contributed by atoms with van der Waals surface area (Å²) in [5, 5.41) is 1.20. The van der Waals surface area contributed by atoms with Crippen molar-refractivity contribution in [1.82, 2.24) is 5.06 Å². The molecule has 0 radical (unpaired) electrons. The molecule has 0 aromatic heterocycles. The quantitative estimate of drug-likeness (QED) is 0.589. The monoisotopic (exact) mass is 189 g/mol. The third kappa shape index (κ3) is 4.24. The molecule has 0 aliphatic carbocycles. The lowest BCUT2D eigenvalue weighted by Gasteiger charge is -2.20. The van der Waals surface area contributed by atoms with Crippen molar-refractivity contribution in [1.29, 1.82) is 0 Å². The van der Waals surface area contributed by atoms with Gasteiger partial charge in [-0.05, 0) is 12.8 Å². The summed E-state index contributed by atoms with van der Waals surface area (Å²) >= 11 is 0. The number of carbonyl (C=O) groups is 1. The predicted octanol–water partition coefficient (Wildman–Crippen LogP) is 1.21. The minimum atomic E-state index is -0.370. The Morgan fingerprint density at radius 3 is 2.46 bits per heavy atom. The zero-order valence-corrected chi connectivity index (χ0v) is 8.87. The average Bonchev–Trinajstić information content (AvgIpc) is 2.17. The van der Waals surface area contributed by atoms with Crippen molar-refractivity contribution >= 4 is 5.91 Å². The summed E-state index contributed by atoms with van der Waals surface area (Å²) < 4.78 is 5.35. The topological polar surface area (TPSA) is 38.8 Å². The van der Waals surface area contributed by atoms with Crippen LogP contribution in [0.5, 0.6) is 0 Å². The van der Waals surface area contributed by atoms with E-state index in [2.05, 4.69) is 0 Å². The second-order valence-corrected chi connectivity index (χ2v) is 2.79. The van der Waals surface area contributed by atoms with Crippen LogP contribution >= 0.6 is 0 Å². The number of amides is 1. The molecule has 0 aliphatic rings. The minimum Gasteiger partial charge on any atom is -0.368 e. The maximum absolute atomic E-state index is 11.5. The fraction of sp³-hybridized carbons (Fsp3) is 0.889. The van der Waals surface area contributed by atoms with Gasteiger partial charge in [0.05, 0.1) is 7.11 Å². The zero-order chi connectivity index (χ0) is 10.3. The van der Waals surface area contributed by atoms with Gasteiger partial charge in [0.1, 0.15) is 6.10 Å². The predicted molar refractivity (Wildman–Crippen MR) is 50.1 cm³/mol. The lowest BCUT2D eigenvalue weighted by molar-refractivity contribution is -0.181. The summed E-state index contributed by atoms with van der Waals surface area (Å²) in [6.07, 6.45) is 1.22. The number of rotatable bonds is 6. The molecule has 0 N–H and O–H groups in total. The maximum Gasteiger partial charge on any atom is 0.274 e. The molecule has 0 spiro atoms. The molecule has 78 valence electrons. The summed E-state index contributed by atoms with van der Waals surface area (Å²) in [7, 11) is 3.05. The molecule has 4 nitrogen and oxygen atoms in total. The standard InChI is InChI=1S/C9H19NO3/c1-5-7-13-8(6-2)9(11)10(3)12-4/h8H,5-7H2,1-4H3. The normalized spacial score (nSPS) is 12.6. The van der Waals surface area contributed by atoms with E-state index in [1.54, 1.807) is 7.05 Å². The summed E-state index contributed by atoms with van der Waals surface area (Å²) in [5.74, 6) is -0.126. The van der Waals surface area contributed by atoms with Gasteiger partial charge in [-0.2, -0.15) is 0 Å². The highest BCUT2D eigenvalue weighted by molar-refractivity contribution is 5.79. The number of hydrogen-bond donors (Lipinski definition) is 0. The van der Waals surface area contributed by atoms with Gasteiger partial charge in [-0.1, -0.05) is 13.8 Å². The van der Waals surface area contributed by atoms with Crippen molar-refractivity contribution in [2.75, 3.05) is 20.8 Å². The molecule has 4 heteroatoms. The highest BCUT2D eigenvalue weighted by atomic mass is 16.7. The number of nitrogens with zero attached hydrogens (tertiary/aromatic N) is 1. The van der Waals surface area contributed by atoms with Crippen LogP contribution in [0.15, 0.2) is 0 Å². The Balaban J connectivity index is 3.98. The van der Waals surface area contributed by atoms with Crippen molar-refractivity contribution in [3.63, 3.8) is 0 Å². The van der Waals surface area contributed by atoms with E-state index >= 15 is 0 Å². The fourth-order valence-electron chi connectivity index (χ4n) is 0.917. The van der Waals surface area contributed by atoms with Crippen molar-refractivity contribution in [3.05, 3.63) is 0 Å². The van der Waals surface area contributed by atoms with E-state index in [0.29, 0.717) is 13.0 Å². The molecule has 0 fully saturated rings. The van der Waals surface area contributed by atoms with Crippen molar-refractivity contribution in [2.24, 2.45) is 0 Å². The van der Waals surface area contributed by atoms with Crippen LogP contribution in [0.1, 0.15) is 26.7 Å². The molecule has 0 saturated heterocycles. The molecule has 0 aromatic rings. The van der Waals surface area contributed by atoms with E-state index in [9.17, 15) is 4.79 Å². The second-order valence-electron chi connectivity index (χ2n) is 2.79. The molecular formula is C9H19NO3. The summed E-state index contributed by atoms with van der Waals surface area (Å²) in [6, 6.07) is 0. The Morgan fingerprint density at radius 2 is 2.08 bits per heavy atom. The molecule has 13 heavy (non-hydrogen) atoms. The highest BCUT2D eigenvalue weighted by Crippen LogP contribution is 2.03. The largest absolute Gasteiger partial charge is 0.368 e. The van der Waals surface area contributed by atoms with Gasteiger partial charge in [0.15, 0.2) is 0 Å². The number of carbonyl (C=O) groups excluding carboxylic acids is 1. The third-order valence-corrected chi connectivity index (χ3v) is 1.75. The van der Waals surface area contributed by atoms with Crippen LogP contribution in [-0.4, -0.2) is 37.8 Å². The van der Waals surface area contributed by atoms with Crippen molar-refractivity contribution in [2.45, 2.75) is 32.8 Å². The van der Waals surface area contributed by atoms with Crippen molar-refractivity contribution < 1.29 is 14.4 Å². The number of hydroxylamine groups is 2. The fourth-order valence-corrected chi connectivity index (χ4v) is 0.917.